The first-order valence-corrected chi connectivity index (χ1v) is 11.9. The molecule has 1 fully saturated rings. The average molecular weight is 512 g/mol. The van der Waals surface area contributed by atoms with Crippen LogP contribution in [0.1, 0.15) is 28.3 Å². The van der Waals surface area contributed by atoms with E-state index in [0.717, 1.165) is 16.5 Å². The number of anilines is 1. The average Bonchev–Trinajstić information content (AvgIpc) is 3.18. The molecule has 0 saturated carbocycles. The standard InChI is InChI=1S/C31H23F2NO4/c1-19-16-22(12-15-26(19)38-18-20-6-3-2-4-7-20)29(35)27-28(21-10-13-23(32)14-11-21)34(31(37)30(27)36)25-9-5-8-24(33)17-25/h2-17,28,35H,18H2,1H3/b29-27+. The molecule has 1 saturated heterocycles. The van der Waals surface area contributed by atoms with Crippen molar-refractivity contribution in [3.8, 4) is 5.75 Å². The molecule has 0 bridgehead atoms. The summed E-state index contributed by atoms with van der Waals surface area (Å²) in [4.78, 5) is 27.5. The highest BCUT2D eigenvalue weighted by Crippen LogP contribution is 2.42. The second-order valence-corrected chi connectivity index (χ2v) is 8.96. The molecule has 1 aliphatic heterocycles. The molecule has 1 amide bonds. The topological polar surface area (TPSA) is 66.8 Å². The highest BCUT2D eigenvalue weighted by molar-refractivity contribution is 6.51. The van der Waals surface area contributed by atoms with Gasteiger partial charge in [-0.3, -0.25) is 14.5 Å². The van der Waals surface area contributed by atoms with Gasteiger partial charge in [-0.2, -0.15) is 0 Å². The van der Waals surface area contributed by atoms with E-state index in [0.29, 0.717) is 29.0 Å². The Kier molecular flexibility index (Phi) is 6.75. The van der Waals surface area contributed by atoms with E-state index in [1.165, 1.54) is 42.5 Å². The summed E-state index contributed by atoms with van der Waals surface area (Å²) in [5, 5.41) is 11.3. The summed E-state index contributed by atoms with van der Waals surface area (Å²) in [5.74, 6) is -2.74. The summed E-state index contributed by atoms with van der Waals surface area (Å²) >= 11 is 0. The van der Waals surface area contributed by atoms with Gasteiger partial charge in [-0.1, -0.05) is 48.5 Å². The van der Waals surface area contributed by atoms with Gasteiger partial charge in [0.05, 0.1) is 11.6 Å². The maximum Gasteiger partial charge on any atom is 0.300 e. The predicted molar refractivity (Wildman–Crippen MR) is 140 cm³/mol. The monoisotopic (exact) mass is 511 g/mol. The number of hydrogen-bond acceptors (Lipinski definition) is 4. The lowest BCUT2D eigenvalue weighted by atomic mass is 9.94. The van der Waals surface area contributed by atoms with E-state index in [1.54, 1.807) is 25.1 Å². The van der Waals surface area contributed by atoms with E-state index in [9.17, 15) is 23.5 Å². The molecule has 5 rings (SSSR count). The number of aliphatic hydroxyl groups excluding tert-OH is 1. The van der Waals surface area contributed by atoms with Crippen molar-refractivity contribution in [3.63, 3.8) is 0 Å². The third-order valence-corrected chi connectivity index (χ3v) is 6.40. The normalized spacial score (nSPS) is 16.6. The van der Waals surface area contributed by atoms with Crippen molar-refractivity contribution in [2.75, 3.05) is 4.90 Å². The number of amides is 1. The number of rotatable bonds is 6. The number of aliphatic hydroxyl groups is 1. The van der Waals surface area contributed by atoms with Gasteiger partial charge in [-0.05, 0) is 72.1 Å². The fraction of sp³-hybridized carbons (Fsp3) is 0.0968. The van der Waals surface area contributed by atoms with Crippen LogP contribution in [-0.4, -0.2) is 16.8 Å². The predicted octanol–water partition coefficient (Wildman–Crippen LogP) is 6.48. The quantitative estimate of drug-likeness (QED) is 0.183. The zero-order valence-corrected chi connectivity index (χ0v) is 20.4. The lowest BCUT2D eigenvalue weighted by molar-refractivity contribution is -0.132. The first kappa shape index (κ1) is 24.9. The number of ether oxygens (including phenoxy) is 1. The molecule has 0 radical (unpaired) electrons. The van der Waals surface area contributed by atoms with Crippen molar-refractivity contribution in [1.29, 1.82) is 0 Å². The lowest BCUT2D eigenvalue weighted by Gasteiger charge is -2.25. The second kappa shape index (κ2) is 10.3. The lowest BCUT2D eigenvalue weighted by Crippen LogP contribution is -2.29. The maximum atomic E-state index is 14.1. The van der Waals surface area contributed by atoms with Crippen LogP contribution in [0.4, 0.5) is 14.5 Å². The van der Waals surface area contributed by atoms with Crippen LogP contribution in [0.5, 0.6) is 5.75 Å². The minimum atomic E-state index is -1.09. The Morgan fingerprint density at radius 3 is 2.29 bits per heavy atom. The molecule has 1 unspecified atom stereocenters. The molecule has 0 aliphatic carbocycles. The summed E-state index contributed by atoms with van der Waals surface area (Å²) in [7, 11) is 0. The molecule has 1 N–H and O–H groups in total. The van der Waals surface area contributed by atoms with Crippen LogP contribution < -0.4 is 9.64 Å². The van der Waals surface area contributed by atoms with Crippen molar-refractivity contribution in [2.45, 2.75) is 19.6 Å². The summed E-state index contributed by atoms with van der Waals surface area (Å²) < 4.78 is 33.7. The first-order valence-electron chi connectivity index (χ1n) is 11.9. The zero-order chi connectivity index (χ0) is 26.8. The van der Waals surface area contributed by atoms with E-state index in [4.69, 9.17) is 4.74 Å². The SMILES string of the molecule is Cc1cc(/C(O)=C2\C(=O)C(=O)N(c3cccc(F)c3)C2c2ccc(F)cc2)ccc1OCc1ccccc1. The van der Waals surface area contributed by atoms with Crippen molar-refractivity contribution >= 4 is 23.1 Å². The Bertz CT molecular complexity index is 1550. The Balaban J connectivity index is 1.56. The summed E-state index contributed by atoms with van der Waals surface area (Å²) in [5.41, 5.74) is 2.36. The molecule has 7 heteroatoms. The second-order valence-electron chi connectivity index (χ2n) is 8.96. The van der Waals surface area contributed by atoms with Crippen LogP contribution in [0.3, 0.4) is 0 Å². The van der Waals surface area contributed by atoms with Crippen molar-refractivity contribution in [1.82, 2.24) is 0 Å². The highest BCUT2D eigenvalue weighted by atomic mass is 19.1. The molecule has 38 heavy (non-hydrogen) atoms. The van der Waals surface area contributed by atoms with Gasteiger partial charge in [-0.25, -0.2) is 8.78 Å². The Morgan fingerprint density at radius 2 is 1.61 bits per heavy atom. The van der Waals surface area contributed by atoms with Crippen molar-refractivity contribution in [3.05, 3.63) is 137 Å². The van der Waals surface area contributed by atoms with Gasteiger partial charge in [0.1, 0.15) is 29.8 Å². The number of nitrogens with zero attached hydrogens (tertiary/aromatic N) is 1. The number of hydrogen-bond donors (Lipinski definition) is 1. The van der Waals surface area contributed by atoms with Crippen LogP contribution in [0.15, 0.2) is 103 Å². The molecule has 4 aromatic carbocycles. The Labute approximate surface area is 218 Å². The molecule has 4 aromatic rings. The number of carbonyl (C=O) groups excluding carboxylic acids is 2. The number of Topliss-reactive ketones (excluding diaryl/α,β-unsaturated/α-hetero) is 1. The fourth-order valence-electron chi connectivity index (χ4n) is 4.53. The summed E-state index contributed by atoms with van der Waals surface area (Å²) in [6.07, 6.45) is 0. The number of halogens is 2. The largest absolute Gasteiger partial charge is 0.507 e. The van der Waals surface area contributed by atoms with Crippen molar-refractivity contribution < 1.29 is 28.2 Å². The van der Waals surface area contributed by atoms with Gasteiger partial charge in [0, 0.05) is 11.3 Å². The Hall–Kier alpha value is -4.78. The fourth-order valence-corrected chi connectivity index (χ4v) is 4.53. The van der Waals surface area contributed by atoms with E-state index >= 15 is 0 Å². The molecule has 5 nitrogen and oxygen atoms in total. The third-order valence-electron chi connectivity index (χ3n) is 6.40. The van der Waals surface area contributed by atoms with Gasteiger partial charge < -0.3 is 9.84 Å². The van der Waals surface area contributed by atoms with Crippen LogP contribution in [0.25, 0.3) is 5.76 Å². The minimum absolute atomic E-state index is 0.140. The maximum absolute atomic E-state index is 14.1. The van der Waals surface area contributed by atoms with Gasteiger partial charge in [-0.15, -0.1) is 0 Å². The molecule has 1 heterocycles. The summed E-state index contributed by atoms with van der Waals surface area (Å²) in [6, 6.07) is 24.0. The number of carbonyl (C=O) groups is 2. The molecule has 1 aliphatic rings. The number of ketones is 1. The van der Waals surface area contributed by atoms with Gasteiger partial charge >= 0.3 is 0 Å². The number of aryl methyl sites for hydroxylation is 1. The molecular weight excluding hydrogens is 488 g/mol. The minimum Gasteiger partial charge on any atom is -0.507 e. The molecule has 0 spiro atoms. The molecule has 0 aromatic heterocycles. The van der Waals surface area contributed by atoms with E-state index in [1.807, 2.05) is 30.3 Å². The molecule has 190 valence electrons. The summed E-state index contributed by atoms with van der Waals surface area (Å²) in [6.45, 7) is 2.16. The van der Waals surface area contributed by atoms with Crippen LogP contribution >= 0.6 is 0 Å². The highest BCUT2D eigenvalue weighted by Gasteiger charge is 2.47. The van der Waals surface area contributed by atoms with Crippen molar-refractivity contribution in [2.24, 2.45) is 0 Å². The van der Waals surface area contributed by atoms with Crippen LogP contribution in [0, 0.1) is 18.6 Å². The van der Waals surface area contributed by atoms with Gasteiger partial charge in [0.15, 0.2) is 0 Å². The van der Waals surface area contributed by atoms with E-state index in [-0.39, 0.29) is 11.3 Å². The van der Waals surface area contributed by atoms with E-state index in [2.05, 4.69) is 0 Å². The van der Waals surface area contributed by atoms with Gasteiger partial charge in [0.2, 0.25) is 0 Å². The van der Waals surface area contributed by atoms with Crippen LogP contribution in [0.2, 0.25) is 0 Å². The third kappa shape index (κ3) is 4.78. The molecular formula is C31H23F2NO4. The van der Waals surface area contributed by atoms with Crippen LogP contribution in [-0.2, 0) is 16.2 Å². The molecule has 1 atom stereocenters. The number of benzene rings is 4. The zero-order valence-electron chi connectivity index (χ0n) is 20.4. The first-order chi connectivity index (χ1) is 18.3. The smallest absolute Gasteiger partial charge is 0.300 e. The van der Waals surface area contributed by atoms with E-state index < -0.39 is 35.1 Å². The Morgan fingerprint density at radius 1 is 0.868 bits per heavy atom. The van der Waals surface area contributed by atoms with Gasteiger partial charge in [0.25, 0.3) is 11.7 Å².